The van der Waals surface area contributed by atoms with Gasteiger partial charge in [-0.1, -0.05) is 24.3 Å². The van der Waals surface area contributed by atoms with Crippen LogP contribution >= 0.6 is 0 Å². The Balaban J connectivity index is 2.23. The Labute approximate surface area is 151 Å². The normalized spacial score (nSPS) is 10.4. The molecule has 0 bridgehead atoms. The third-order valence-electron chi connectivity index (χ3n) is 3.04. The number of benzene rings is 2. The number of rotatable bonds is 5. The highest BCUT2D eigenvalue weighted by Gasteiger charge is 2.06. The van der Waals surface area contributed by atoms with Gasteiger partial charge < -0.3 is 14.2 Å². The summed E-state index contributed by atoms with van der Waals surface area (Å²) in [6.07, 6.45) is 3.60. The summed E-state index contributed by atoms with van der Waals surface area (Å²) in [5, 5.41) is 0. The second kappa shape index (κ2) is 8.62. The monoisotopic (exact) mass is 354 g/mol. The lowest BCUT2D eigenvalue weighted by molar-refractivity contribution is -0.133. The first-order chi connectivity index (χ1) is 12.3. The van der Waals surface area contributed by atoms with Crippen LogP contribution in [0.3, 0.4) is 0 Å². The van der Waals surface area contributed by atoms with Gasteiger partial charge in [0, 0.05) is 26.8 Å². The van der Waals surface area contributed by atoms with Crippen LogP contribution in [0.2, 0.25) is 0 Å². The van der Waals surface area contributed by atoms with Gasteiger partial charge in [0.15, 0.2) is 0 Å². The lowest BCUT2D eigenvalue weighted by atomic mass is 10.1. The molecule has 0 aliphatic carbocycles. The molecule has 0 radical (unpaired) electrons. The third-order valence-corrected chi connectivity index (χ3v) is 3.04. The summed E-state index contributed by atoms with van der Waals surface area (Å²) < 4.78 is 15.1. The average molecular weight is 354 g/mol. The molecule has 0 atom stereocenters. The zero-order valence-corrected chi connectivity index (χ0v) is 14.6. The molecule has 0 saturated heterocycles. The number of carbonyl (C=O) groups is 3. The van der Waals surface area contributed by atoms with Crippen molar-refractivity contribution >= 4 is 30.1 Å². The molecule has 0 heterocycles. The minimum Gasteiger partial charge on any atom is -0.427 e. The van der Waals surface area contributed by atoms with Crippen LogP contribution in [0.15, 0.2) is 42.5 Å². The average Bonchev–Trinajstić information content (AvgIpc) is 2.52. The lowest BCUT2D eigenvalue weighted by Gasteiger charge is -2.07. The first-order valence-electron chi connectivity index (χ1n) is 7.80. The van der Waals surface area contributed by atoms with Gasteiger partial charge in [-0.25, -0.2) is 0 Å². The number of ether oxygens (including phenoxy) is 3. The van der Waals surface area contributed by atoms with E-state index in [0.29, 0.717) is 11.3 Å². The van der Waals surface area contributed by atoms with E-state index in [-0.39, 0.29) is 17.5 Å². The van der Waals surface area contributed by atoms with E-state index in [4.69, 9.17) is 14.2 Å². The van der Waals surface area contributed by atoms with Crippen LogP contribution in [-0.4, -0.2) is 17.9 Å². The van der Waals surface area contributed by atoms with Gasteiger partial charge in [0.05, 0.1) is 0 Å². The number of hydrogen-bond acceptors (Lipinski definition) is 6. The maximum absolute atomic E-state index is 11.2. The topological polar surface area (TPSA) is 78.9 Å². The molecule has 6 nitrogen and oxygen atoms in total. The quantitative estimate of drug-likeness (QED) is 0.463. The Morgan fingerprint density at radius 2 is 1.04 bits per heavy atom. The maximum atomic E-state index is 11.2. The van der Waals surface area contributed by atoms with Crippen LogP contribution < -0.4 is 14.2 Å². The van der Waals surface area contributed by atoms with Crippen LogP contribution in [0.1, 0.15) is 31.9 Å². The van der Waals surface area contributed by atoms with E-state index < -0.39 is 11.9 Å². The SMILES string of the molecule is CC(=O)Oc1ccc(/C=C\c2cc(OC(C)=O)cc(OC(C)=O)c2)cc1. The van der Waals surface area contributed by atoms with E-state index >= 15 is 0 Å². The fraction of sp³-hybridized carbons (Fsp3) is 0.150. The smallest absolute Gasteiger partial charge is 0.308 e. The van der Waals surface area contributed by atoms with Gasteiger partial charge in [-0.3, -0.25) is 14.4 Å². The van der Waals surface area contributed by atoms with Crippen molar-refractivity contribution in [3.05, 3.63) is 53.6 Å². The standard InChI is InChI=1S/C20H18O6/c1-13(21)24-18-8-6-16(7-9-18)4-5-17-10-19(25-14(2)22)12-20(11-17)26-15(3)23/h4-12H,1-3H3/b5-4-. The van der Waals surface area contributed by atoms with Gasteiger partial charge >= 0.3 is 17.9 Å². The molecule has 2 aromatic carbocycles. The minimum atomic E-state index is -0.471. The van der Waals surface area contributed by atoms with Crippen molar-refractivity contribution in [3.8, 4) is 17.2 Å². The maximum Gasteiger partial charge on any atom is 0.308 e. The first kappa shape index (κ1) is 18.9. The van der Waals surface area contributed by atoms with Crippen molar-refractivity contribution in [2.75, 3.05) is 0 Å². The van der Waals surface area contributed by atoms with Crippen LogP contribution in [-0.2, 0) is 14.4 Å². The fourth-order valence-electron chi connectivity index (χ4n) is 2.15. The molecule has 2 rings (SSSR count). The molecule has 0 fully saturated rings. The highest BCUT2D eigenvalue weighted by atomic mass is 16.5. The Kier molecular flexibility index (Phi) is 6.27. The summed E-state index contributed by atoms with van der Waals surface area (Å²) >= 11 is 0. The van der Waals surface area contributed by atoms with Gasteiger partial charge in [-0.05, 0) is 35.4 Å². The lowest BCUT2D eigenvalue weighted by Crippen LogP contribution is -2.04. The van der Waals surface area contributed by atoms with Crippen molar-refractivity contribution in [1.82, 2.24) is 0 Å². The van der Waals surface area contributed by atoms with Crippen molar-refractivity contribution in [2.24, 2.45) is 0 Å². The zero-order valence-electron chi connectivity index (χ0n) is 14.6. The van der Waals surface area contributed by atoms with Crippen LogP contribution in [0.5, 0.6) is 17.2 Å². The summed E-state index contributed by atoms with van der Waals surface area (Å²) in [5.41, 5.74) is 1.55. The highest BCUT2D eigenvalue weighted by molar-refractivity contribution is 5.75. The fourth-order valence-corrected chi connectivity index (χ4v) is 2.15. The first-order valence-corrected chi connectivity index (χ1v) is 7.80. The molecule has 0 aliphatic heterocycles. The molecule has 6 heteroatoms. The van der Waals surface area contributed by atoms with Crippen LogP contribution in [0.25, 0.3) is 12.2 Å². The van der Waals surface area contributed by atoms with E-state index in [2.05, 4.69) is 0 Å². The summed E-state index contributed by atoms with van der Waals surface area (Å²) in [7, 11) is 0. The van der Waals surface area contributed by atoms with Gasteiger partial charge in [0.25, 0.3) is 0 Å². The molecule has 0 spiro atoms. The van der Waals surface area contributed by atoms with E-state index in [0.717, 1.165) is 5.56 Å². The molecule has 0 aromatic heterocycles. The Morgan fingerprint density at radius 1 is 0.615 bits per heavy atom. The molecule has 2 aromatic rings. The van der Waals surface area contributed by atoms with Gasteiger partial charge in [0.2, 0.25) is 0 Å². The molecule has 0 saturated carbocycles. The summed E-state index contributed by atoms with van der Waals surface area (Å²) in [6.45, 7) is 3.92. The molecule has 134 valence electrons. The molecule has 26 heavy (non-hydrogen) atoms. The van der Waals surface area contributed by atoms with Crippen molar-refractivity contribution in [1.29, 1.82) is 0 Å². The highest BCUT2D eigenvalue weighted by Crippen LogP contribution is 2.25. The zero-order chi connectivity index (χ0) is 19.1. The van der Waals surface area contributed by atoms with Gasteiger partial charge in [0.1, 0.15) is 17.2 Å². The van der Waals surface area contributed by atoms with Crippen molar-refractivity contribution < 1.29 is 28.6 Å². The van der Waals surface area contributed by atoms with Crippen molar-refractivity contribution in [2.45, 2.75) is 20.8 Å². The van der Waals surface area contributed by atoms with Gasteiger partial charge in [-0.2, -0.15) is 0 Å². The predicted molar refractivity (Wildman–Crippen MR) is 95.7 cm³/mol. The molecule has 0 unspecified atom stereocenters. The molecule has 0 amide bonds. The number of hydrogen-bond donors (Lipinski definition) is 0. The van der Waals surface area contributed by atoms with Crippen LogP contribution in [0, 0.1) is 0 Å². The van der Waals surface area contributed by atoms with E-state index in [1.165, 1.54) is 26.8 Å². The predicted octanol–water partition coefficient (Wildman–Crippen LogP) is 3.63. The van der Waals surface area contributed by atoms with E-state index in [1.54, 1.807) is 42.5 Å². The van der Waals surface area contributed by atoms with E-state index in [1.807, 2.05) is 6.08 Å². The molecular weight excluding hydrogens is 336 g/mol. The van der Waals surface area contributed by atoms with E-state index in [9.17, 15) is 14.4 Å². The summed E-state index contributed by atoms with van der Waals surface area (Å²) in [5.74, 6) is -0.304. The van der Waals surface area contributed by atoms with Crippen molar-refractivity contribution in [3.63, 3.8) is 0 Å². The van der Waals surface area contributed by atoms with Crippen LogP contribution in [0.4, 0.5) is 0 Å². The second-order valence-corrected chi connectivity index (χ2v) is 5.42. The molecular formula is C20H18O6. The molecule has 0 aliphatic rings. The second-order valence-electron chi connectivity index (χ2n) is 5.42. The number of esters is 3. The minimum absolute atomic E-state index is 0.279. The van der Waals surface area contributed by atoms with Gasteiger partial charge in [-0.15, -0.1) is 0 Å². The summed E-state index contributed by atoms with van der Waals surface area (Å²) in [6, 6.07) is 11.7. The summed E-state index contributed by atoms with van der Waals surface area (Å²) in [4.78, 5) is 33.2. The Hall–Kier alpha value is -3.41. The number of carbonyl (C=O) groups excluding carboxylic acids is 3. The Morgan fingerprint density at radius 3 is 1.50 bits per heavy atom. The third kappa shape index (κ3) is 6.24. The largest absolute Gasteiger partial charge is 0.427 e. The Bertz CT molecular complexity index is 815. The molecule has 0 N–H and O–H groups in total.